The van der Waals surface area contributed by atoms with E-state index in [9.17, 15) is 9.59 Å². The van der Waals surface area contributed by atoms with Gasteiger partial charge < -0.3 is 10.6 Å². The molecule has 0 saturated heterocycles. The number of aromatic nitrogens is 3. The average Bonchev–Trinajstić information content (AvgIpc) is 2.90. The Kier molecular flexibility index (Phi) is 3.49. The summed E-state index contributed by atoms with van der Waals surface area (Å²) in [4.78, 5) is 28.8. The fourth-order valence-corrected chi connectivity index (χ4v) is 3.02. The standard InChI is InChI=1S/C18H17N5O2/c1-10-9-12-15(22-23(2)16(12)21-17(10)24)20-18(25)14-8-7-11-5-3-4-6-13(11)19-14/h3-8,10H,9H2,1-2H3,(H,21,24)(H,20,22,25)/t10-/m1/s1. The second-order valence-electron chi connectivity index (χ2n) is 6.24. The minimum absolute atomic E-state index is 0.0374. The van der Waals surface area contributed by atoms with Gasteiger partial charge in [0.15, 0.2) is 5.82 Å². The Bertz CT molecular complexity index is 1010. The lowest BCUT2D eigenvalue weighted by atomic mass is 9.98. The van der Waals surface area contributed by atoms with Crippen LogP contribution >= 0.6 is 0 Å². The molecule has 4 rings (SSSR count). The third-order valence-corrected chi connectivity index (χ3v) is 4.41. The van der Waals surface area contributed by atoms with Crippen LogP contribution in [0.2, 0.25) is 0 Å². The predicted molar refractivity (Wildman–Crippen MR) is 94.4 cm³/mol. The molecule has 7 nitrogen and oxygen atoms in total. The van der Waals surface area contributed by atoms with Crippen molar-refractivity contribution < 1.29 is 9.59 Å². The Morgan fingerprint density at radius 1 is 1.28 bits per heavy atom. The first-order chi connectivity index (χ1) is 12.0. The summed E-state index contributed by atoms with van der Waals surface area (Å²) >= 11 is 0. The molecule has 0 aliphatic carbocycles. The zero-order valence-corrected chi connectivity index (χ0v) is 13.9. The summed E-state index contributed by atoms with van der Waals surface area (Å²) in [6.07, 6.45) is 0.537. The van der Waals surface area contributed by atoms with Crippen molar-refractivity contribution in [1.29, 1.82) is 0 Å². The number of nitrogens with zero attached hydrogens (tertiary/aromatic N) is 3. The number of amides is 2. The maximum absolute atomic E-state index is 12.6. The van der Waals surface area contributed by atoms with Crippen LogP contribution in [0, 0.1) is 5.92 Å². The molecule has 25 heavy (non-hydrogen) atoms. The molecule has 0 bridgehead atoms. The van der Waals surface area contributed by atoms with E-state index < -0.39 is 0 Å². The molecule has 0 fully saturated rings. The van der Waals surface area contributed by atoms with Crippen molar-refractivity contribution in [2.75, 3.05) is 10.6 Å². The smallest absolute Gasteiger partial charge is 0.275 e. The molecule has 7 heteroatoms. The van der Waals surface area contributed by atoms with Gasteiger partial charge in [-0.05, 0) is 18.6 Å². The lowest BCUT2D eigenvalue weighted by Gasteiger charge is -2.19. The van der Waals surface area contributed by atoms with Crippen LogP contribution in [-0.4, -0.2) is 26.6 Å². The molecule has 1 aliphatic rings. The highest BCUT2D eigenvalue weighted by Crippen LogP contribution is 2.31. The number of anilines is 2. The van der Waals surface area contributed by atoms with E-state index in [-0.39, 0.29) is 17.7 Å². The van der Waals surface area contributed by atoms with Crippen LogP contribution in [0.25, 0.3) is 10.9 Å². The number of hydrogen-bond donors (Lipinski definition) is 2. The van der Waals surface area contributed by atoms with Crippen molar-refractivity contribution in [3.05, 3.63) is 47.7 Å². The van der Waals surface area contributed by atoms with Crippen LogP contribution in [0.1, 0.15) is 23.0 Å². The predicted octanol–water partition coefficient (Wildman–Crippen LogP) is 2.35. The Morgan fingerprint density at radius 2 is 2.08 bits per heavy atom. The number of hydrogen-bond acceptors (Lipinski definition) is 4. The molecule has 1 aliphatic heterocycles. The van der Waals surface area contributed by atoms with Crippen molar-refractivity contribution in [2.24, 2.45) is 13.0 Å². The zero-order chi connectivity index (χ0) is 17.6. The van der Waals surface area contributed by atoms with Gasteiger partial charge >= 0.3 is 0 Å². The number of carbonyl (C=O) groups excluding carboxylic acids is 2. The van der Waals surface area contributed by atoms with Crippen LogP contribution in [0.15, 0.2) is 36.4 Å². The van der Waals surface area contributed by atoms with Crippen molar-refractivity contribution >= 4 is 34.4 Å². The van der Waals surface area contributed by atoms with Crippen LogP contribution in [0.5, 0.6) is 0 Å². The normalized spacial score (nSPS) is 16.4. The fourth-order valence-electron chi connectivity index (χ4n) is 3.02. The van der Waals surface area contributed by atoms with E-state index in [1.807, 2.05) is 37.3 Å². The highest BCUT2D eigenvalue weighted by Gasteiger charge is 2.29. The Hall–Kier alpha value is -3.22. The SMILES string of the molecule is C[C@@H]1Cc2c(NC(=O)c3ccc4ccccc4n3)nn(C)c2NC1=O. The summed E-state index contributed by atoms with van der Waals surface area (Å²) in [6, 6.07) is 11.2. The van der Waals surface area contributed by atoms with Crippen molar-refractivity contribution in [3.63, 3.8) is 0 Å². The van der Waals surface area contributed by atoms with E-state index in [4.69, 9.17) is 0 Å². The number of fused-ring (bicyclic) bond motifs is 2. The summed E-state index contributed by atoms with van der Waals surface area (Å²) in [7, 11) is 1.74. The first-order valence-corrected chi connectivity index (χ1v) is 8.07. The van der Waals surface area contributed by atoms with Gasteiger partial charge in [-0.3, -0.25) is 14.3 Å². The Labute approximate surface area is 144 Å². The molecule has 2 amide bonds. The van der Waals surface area contributed by atoms with E-state index in [0.29, 0.717) is 23.8 Å². The van der Waals surface area contributed by atoms with Gasteiger partial charge in [0.2, 0.25) is 5.91 Å². The average molecular weight is 335 g/mol. The van der Waals surface area contributed by atoms with Crippen LogP contribution < -0.4 is 10.6 Å². The molecule has 3 aromatic rings. The molecule has 126 valence electrons. The van der Waals surface area contributed by atoms with E-state index in [2.05, 4.69) is 20.7 Å². The molecule has 0 spiro atoms. The molecule has 0 saturated carbocycles. The number of rotatable bonds is 2. The number of aryl methyl sites for hydroxylation is 1. The first kappa shape index (κ1) is 15.3. The maximum Gasteiger partial charge on any atom is 0.275 e. The highest BCUT2D eigenvalue weighted by atomic mass is 16.2. The topological polar surface area (TPSA) is 88.9 Å². The van der Waals surface area contributed by atoms with Gasteiger partial charge in [0, 0.05) is 23.9 Å². The van der Waals surface area contributed by atoms with Crippen LogP contribution in [-0.2, 0) is 18.3 Å². The second-order valence-corrected chi connectivity index (χ2v) is 6.24. The quantitative estimate of drug-likeness (QED) is 0.752. The minimum atomic E-state index is -0.323. The summed E-state index contributed by atoms with van der Waals surface area (Å²) in [5, 5.41) is 11.0. The fraction of sp³-hybridized carbons (Fsp3) is 0.222. The lowest BCUT2D eigenvalue weighted by Crippen LogP contribution is -2.28. The van der Waals surface area contributed by atoms with Crippen LogP contribution in [0.3, 0.4) is 0 Å². The van der Waals surface area contributed by atoms with Crippen molar-refractivity contribution in [2.45, 2.75) is 13.3 Å². The van der Waals surface area contributed by atoms with Gasteiger partial charge in [-0.25, -0.2) is 4.98 Å². The number of pyridine rings is 1. The van der Waals surface area contributed by atoms with Gasteiger partial charge in [-0.1, -0.05) is 31.2 Å². The molecule has 3 heterocycles. The van der Waals surface area contributed by atoms with Crippen molar-refractivity contribution in [3.8, 4) is 0 Å². The molecular formula is C18H17N5O2. The van der Waals surface area contributed by atoms with E-state index in [1.165, 1.54) is 0 Å². The third kappa shape index (κ3) is 2.63. The van der Waals surface area contributed by atoms with Gasteiger partial charge in [-0.2, -0.15) is 5.10 Å². The molecule has 1 aromatic carbocycles. The van der Waals surface area contributed by atoms with Crippen LogP contribution in [0.4, 0.5) is 11.6 Å². The molecule has 2 aromatic heterocycles. The largest absolute Gasteiger partial charge is 0.310 e. The van der Waals surface area contributed by atoms with E-state index >= 15 is 0 Å². The van der Waals surface area contributed by atoms with E-state index in [0.717, 1.165) is 16.5 Å². The Morgan fingerprint density at radius 3 is 2.92 bits per heavy atom. The highest BCUT2D eigenvalue weighted by molar-refractivity contribution is 6.05. The molecule has 2 N–H and O–H groups in total. The molecular weight excluding hydrogens is 318 g/mol. The summed E-state index contributed by atoms with van der Waals surface area (Å²) in [5.41, 5.74) is 1.92. The summed E-state index contributed by atoms with van der Waals surface area (Å²) < 4.78 is 1.57. The second kappa shape index (κ2) is 5.70. The third-order valence-electron chi connectivity index (χ3n) is 4.41. The van der Waals surface area contributed by atoms with Gasteiger partial charge in [-0.15, -0.1) is 0 Å². The molecule has 0 radical (unpaired) electrons. The number of para-hydroxylation sites is 1. The van der Waals surface area contributed by atoms with Gasteiger partial charge in [0.05, 0.1) is 5.52 Å². The van der Waals surface area contributed by atoms with Gasteiger partial charge in [0.1, 0.15) is 11.5 Å². The Balaban J connectivity index is 1.65. The number of benzene rings is 1. The summed E-state index contributed by atoms with van der Waals surface area (Å²) in [6.45, 7) is 1.85. The first-order valence-electron chi connectivity index (χ1n) is 8.07. The monoisotopic (exact) mass is 335 g/mol. The molecule has 1 atom stereocenters. The summed E-state index contributed by atoms with van der Waals surface area (Å²) in [5.74, 6) is 0.570. The van der Waals surface area contributed by atoms with E-state index in [1.54, 1.807) is 17.8 Å². The van der Waals surface area contributed by atoms with Crippen molar-refractivity contribution in [1.82, 2.24) is 14.8 Å². The minimum Gasteiger partial charge on any atom is -0.310 e. The lowest BCUT2D eigenvalue weighted by molar-refractivity contribution is -0.119. The zero-order valence-electron chi connectivity index (χ0n) is 13.9. The maximum atomic E-state index is 12.6. The number of nitrogens with one attached hydrogen (secondary N) is 2. The van der Waals surface area contributed by atoms with Gasteiger partial charge in [0.25, 0.3) is 5.91 Å². The molecule has 0 unspecified atom stereocenters. The number of carbonyl (C=O) groups is 2.